The van der Waals surface area contributed by atoms with Crippen LogP contribution in [0.1, 0.15) is 61.9 Å². The molecule has 0 aliphatic rings. The average molecular weight is 914 g/mol. The van der Waals surface area contributed by atoms with Gasteiger partial charge >= 0.3 is 24.2 Å². The number of hydrogen-bond donors (Lipinski definition) is 0. The predicted octanol–water partition coefficient (Wildman–Crippen LogP) is 5.74. The molecule has 1 radical (unpaired) electrons. The molecule has 3 heterocycles. The molecule has 8 nitrogen and oxygen atoms in total. The van der Waals surface area contributed by atoms with E-state index in [1.807, 2.05) is 20.8 Å². The van der Waals surface area contributed by atoms with Crippen LogP contribution in [0.25, 0.3) is 5.41 Å². The Morgan fingerprint density at radius 2 is 0.905 bits per heavy atom. The molecule has 0 saturated carbocycles. The van der Waals surface area contributed by atoms with Crippen molar-refractivity contribution in [1.82, 2.24) is 29.1 Å². The first kappa shape index (κ1) is 54.7. The summed E-state index contributed by atoms with van der Waals surface area (Å²) in [6, 6.07) is 6.28. The van der Waals surface area contributed by atoms with Gasteiger partial charge in [0.05, 0.1) is 48.6 Å². The van der Waals surface area contributed by atoms with Crippen molar-refractivity contribution in [3.63, 3.8) is 0 Å². The molecule has 0 saturated heterocycles. The number of rotatable bonds is 7. The van der Waals surface area contributed by atoms with Crippen LogP contribution in [0.15, 0.2) is 18.2 Å². The van der Waals surface area contributed by atoms with E-state index >= 15 is 0 Å². The summed E-state index contributed by atoms with van der Waals surface area (Å²) in [6.45, 7) is 26.5. The van der Waals surface area contributed by atoms with E-state index in [1.165, 1.54) is 35.8 Å². The summed E-state index contributed by atoms with van der Waals surface area (Å²) in [6.07, 6.45) is 0. The Morgan fingerprint density at radius 1 is 0.714 bits per heavy atom. The molecular weight excluding hydrogens is 870 g/mol. The van der Waals surface area contributed by atoms with Crippen molar-refractivity contribution in [3.8, 4) is 0 Å². The number of thiocarbonyl (C=S) groups is 1. The smallest absolute Gasteiger partial charge is 2.00 e. The van der Waals surface area contributed by atoms with Gasteiger partial charge in [-0.3, -0.25) is 0 Å². The quantitative estimate of drug-likeness (QED) is 0.0998. The minimum absolute atomic E-state index is 0. The number of aryl methyl sites for hydroxylation is 6. The summed E-state index contributed by atoms with van der Waals surface area (Å²) < 4.78 is 7.47. The first-order valence-electron chi connectivity index (χ1n) is 12.7. The second-order valence-electron chi connectivity index (χ2n) is 9.00. The van der Waals surface area contributed by atoms with E-state index in [4.69, 9.17) is 43.9 Å². The number of aromatic nitrogens is 6. The molecule has 0 spiro atoms. The van der Waals surface area contributed by atoms with Crippen molar-refractivity contribution >= 4 is 88.2 Å². The standard InChI is InChI=1S/C15H22BN6.C8H20N.CH2Cl2.CNS.Cu.3S.W/c1-10-7-13(4)20(17-10)16(21-14(5)8-11(2)18-21)22-15(6)9-12(3)19-22;1-5-9(6-2,7-3)8-4;2*2-1-3;;;;;/h7-9,16H,1-6H3;5-8H2,1-4H3;1H2;;;;;;/q-1;+1;;-1;+2;3*-2;. The number of halogens is 2. The van der Waals surface area contributed by atoms with Gasteiger partial charge in [-0.25, -0.2) is 15.3 Å². The molecule has 0 unspecified atom stereocenters. The second-order valence-corrected chi connectivity index (χ2v) is 9.99. The minimum Gasteiger partial charge on any atom is -2.00 e. The third kappa shape index (κ3) is 17.1. The topological polar surface area (TPSA) is 75.8 Å². The molecule has 0 fully saturated rings. The van der Waals surface area contributed by atoms with E-state index in [0.29, 0.717) is 0 Å². The van der Waals surface area contributed by atoms with Crippen LogP contribution in [0.2, 0.25) is 0 Å². The fourth-order valence-electron chi connectivity index (χ4n) is 4.61. The van der Waals surface area contributed by atoms with Crippen molar-refractivity contribution < 1.29 is 42.6 Å². The van der Waals surface area contributed by atoms with Crippen molar-refractivity contribution in [2.45, 2.75) is 69.2 Å². The maximum absolute atomic E-state index is 7.13. The fraction of sp³-hybridized carbons (Fsp3) is 0.600. The third-order valence-electron chi connectivity index (χ3n) is 6.80. The van der Waals surface area contributed by atoms with Crippen molar-refractivity contribution in [1.29, 1.82) is 0 Å². The zero-order valence-corrected chi connectivity index (χ0v) is 34.8. The van der Waals surface area contributed by atoms with Gasteiger partial charge in [-0.1, -0.05) is 12.2 Å². The van der Waals surface area contributed by atoms with Crippen LogP contribution in [-0.2, 0) is 78.6 Å². The van der Waals surface area contributed by atoms with Crippen LogP contribution < -0.4 is 0 Å². The Morgan fingerprint density at radius 3 is 1.00 bits per heavy atom. The largest absolute Gasteiger partial charge is 2.00 e. The maximum Gasteiger partial charge on any atom is 2.00 e. The number of nitrogens with zero attached hydrogens (tertiary/aromatic N) is 8. The van der Waals surface area contributed by atoms with Gasteiger partial charge in [-0.15, -0.1) is 23.2 Å². The molecular formula is C25H44BCl2CuN8S4W-5. The summed E-state index contributed by atoms with van der Waals surface area (Å²) in [5.41, 5.74) is 6.40. The maximum atomic E-state index is 7.13. The van der Waals surface area contributed by atoms with E-state index < -0.39 is 7.12 Å². The van der Waals surface area contributed by atoms with Crippen molar-refractivity contribution in [2.24, 2.45) is 0 Å². The van der Waals surface area contributed by atoms with Crippen molar-refractivity contribution in [3.05, 3.63) is 57.8 Å². The van der Waals surface area contributed by atoms with Crippen LogP contribution in [0, 0.1) is 41.5 Å². The predicted molar refractivity (Wildman–Crippen MR) is 185 cm³/mol. The summed E-state index contributed by atoms with van der Waals surface area (Å²) in [4.78, 5) is 0. The molecule has 0 aliphatic carbocycles. The first-order chi connectivity index (χ1) is 17.4. The summed E-state index contributed by atoms with van der Waals surface area (Å²) >= 11 is 13.2. The fourth-order valence-corrected chi connectivity index (χ4v) is 4.61. The molecule has 3 aromatic rings. The van der Waals surface area contributed by atoms with Crippen LogP contribution in [-0.4, -0.2) is 77.4 Å². The minimum atomic E-state index is -1.26. The van der Waals surface area contributed by atoms with Gasteiger partial charge in [0.1, 0.15) is 0 Å². The van der Waals surface area contributed by atoms with Crippen LogP contribution >= 0.6 is 35.4 Å². The van der Waals surface area contributed by atoms with Crippen LogP contribution in [0.3, 0.4) is 0 Å². The Kier molecular flexibility index (Phi) is 37.5. The molecule has 0 amide bonds. The zero-order valence-electron chi connectivity index (χ0n) is 26.2. The Labute approximate surface area is 315 Å². The first-order valence-corrected chi connectivity index (χ1v) is 14.2. The molecule has 3 rings (SSSR count). The number of alkyl halides is 2. The zero-order chi connectivity index (χ0) is 28.8. The van der Waals surface area contributed by atoms with Gasteiger partial charge < -0.3 is 64.2 Å². The van der Waals surface area contributed by atoms with Gasteiger partial charge in [0.15, 0.2) is 0 Å². The van der Waals surface area contributed by atoms with E-state index in [1.54, 1.807) is 0 Å². The molecule has 0 N–H and O–H groups in total. The van der Waals surface area contributed by atoms with Gasteiger partial charge in [-0.2, -0.15) is 5.16 Å². The molecule has 0 aromatic carbocycles. The molecule has 0 bridgehead atoms. The Balaban J connectivity index is -0.000000139. The normalized spacial score (nSPS) is 9.26. The average Bonchev–Trinajstić information content (AvgIpc) is 3.47. The second kappa shape index (κ2) is 28.7. The Bertz CT molecular complexity index is 997. The molecule has 3 aromatic heterocycles. The van der Waals surface area contributed by atoms with E-state index in [9.17, 15) is 0 Å². The van der Waals surface area contributed by atoms with Crippen molar-refractivity contribution in [2.75, 3.05) is 31.5 Å². The molecule has 0 atom stereocenters. The van der Waals surface area contributed by atoms with Gasteiger partial charge in [0.25, 0.3) is 0 Å². The van der Waals surface area contributed by atoms with Crippen LogP contribution in [0.4, 0.5) is 0 Å². The number of hydrogen-bond acceptors (Lipinski definition) is 4. The van der Waals surface area contributed by atoms with E-state index in [-0.39, 0.29) is 84.0 Å². The van der Waals surface area contributed by atoms with Gasteiger partial charge in [0, 0.05) is 21.1 Å². The van der Waals surface area contributed by atoms with Gasteiger partial charge in [0.2, 0.25) is 0 Å². The SMILES string of the molecule is CC[N+](CC)(CC)CC.Cc1cc(C)n([BH-](n2nc(C)cc2C)n2nc(C)cc2C)n1.ClCCl.[Cu+2].[N-]=C=S.[S-2].[S-2].[S-2].[W]. The summed E-state index contributed by atoms with van der Waals surface area (Å²) in [5, 5.41) is 22.8. The Hall–Kier alpha value is 0.293. The van der Waals surface area contributed by atoms with E-state index in [0.717, 1.165) is 34.2 Å². The van der Waals surface area contributed by atoms with Crippen LogP contribution in [0.5, 0.6) is 0 Å². The monoisotopic (exact) mass is 912 g/mol. The summed E-state index contributed by atoms with van der Waals surface area (Å²) in [5.74, 6) is 0. The molecule has 42 heavy (non-hydrogen) atoms. The van der Waals surface area contributed by atoms with Gasteiger partial charge in [-0.05, 0) is 105 Å². The molecule has 17 heteroatoms. The molecule has 0 aliphatic heterocycles. The summed E-state index contributed by atoms with van der Waals surface area (Å²) in [7, 11) is -1.26. The van der Waals surface area contributed by atoms with E-state index in [2.05, 4.69) is 92.7 Å². The number of quaternary nitrogens is 1. The molecule has 247 valence electrons. The third-order valence-corrected chi connectivity index (χ3v) is 6.80. The number of isothiocyanates is 1.